The van der Waals surface area contributed by atoms with Gasteiger partial charge >= 0.3 is 0 Å². The van der Waals surface area contributed by atoms with Crippen molar-refractivity contribution in [3.05, 3.63) is 28.8 Å². The molecule has 0 aromatic heterocycles. The summed E-state index contributed by atoms with van der Waals surface area (Å²) >= 11 is 6.07. The summed E-state index contributed by atoms with van der Waals surface area (Å²) in [6.45, 7) is 5.92. The number of aryl methyl sites for hydroxylation is 1. The number of imide groups is 1. The van der Waals surface area contributed by atoms with Gasteiger partial charge < -0.3 is 5.32 Å². The molecule has 1 saturated heterocycles. The molecule has 1 aromatic rings. The van der Waals surface area contributed by atoms with E-state index in [0.29, 0.717) is 10.7 Å². The highest BCUT2D eigenvalue weighted by molar-refractivity contribution is 6.32. The third-order valence-electron chi connectivity index (χ3n) is 3.66. The van der Waals surface area contributed by atoms with Gasteiger partial charge in [-0.15, -0.1) is 0 Å². The molecule has 1 aliphatic heterocycles. The summed E-state index contributed by atoms with van der Waals surface area (Å²) in [5.74, 6) is -0.383. The zero-order chi connectivity index (χ0) is 14.9. The van der Waals surface area contributed by atoms with Crippen LogP contribution in [-0.4, -0.2) is 23.9 Å². The third kappa shape index (κ3) is 2.86. The smallest absolute Gasteiger partial charge is 0.251 e. The van der Waals surface area contributed by atoms with Gasteiger partial charge in [0.2, 0.25) is 5.91 Å². The van der Waals surface area contributed by atoms with E-state index in [-0.39, 0.29) is 24.3 Å². The van der Waals surface area contributed by atoms with Crippen LogP contribution in [-0.2, 0) is 9.59 Å². The molecule has 2 atom stereocenters. The maximum atomic E-state index is 12.4. The Morgan fingerprint density at radius 2 is 2.15 bits per heavy atom. The SMILES string of the molecule is CCC(C)NC1CC(=O)N(c2ccc(C)c(Cl)c2)C1=O. The van der Waals surface area contributed by atoms with Crippen LogP contribution in [0.3, 0.4) is 0 Å². The first-order valence-corrected chi connectivity index (χ1v) is 7.20. The van der Waals surface area contributed by atoms with Gasteiger partial charge in [0, 0.05) is 11.1 Å². The Morgan fingerprint density at radius 3 is 2.75 bits per heavy atom. The molecule has 20 heavy (non-hydrogen) atoms. The average Bonchev–Trinajstić information content (AvgIpc) is 2.68. The van der Waals surface area contributed by atoms with Gasteiger partial charge in [-0.2, -0.15) is 0 Å². The Balaban J connectivity index is 2.22. The van der Waals surface area contributed by atoms with E-state index in [2.05, 4.69) is 5.32 Å². The Kier molecular flexibility index (Phi) is 4.45. The molecule has 0 aliphatic carbocycles. The molecule has 0 radical (unpaired) electrons. The van der Waals surface area contributed by atoms with Crippen molar-refractivity contribution in [3.8, 4) is 0 Å². The summed E-state index contributed by atoms with van der Waals surface area (Å²) in [5, 5.41) is 3.75. The monoisotopic (exact) mass is 294 g/mol. The highest BCUT2D eigenvalue weighted by Gasteiger charge is 2.39. The fraction of sp³-hybridized carbons (Fsp3) is 0.467. The number of carbonyl (C=O) groups is 2. The number of benzene rings is 1. The van der Waals surface area contributed by atoms with Crippen LogP contribution in [0, 0.1) is 6.92 Å². The fourth-order valence-corrected chi connectivity index (χ4v) is 2.39. The maximum Gasteiger partial charge on any atom is 0.251 e. The molecule has 0 saturated carbocycles. The molecule has 0 bridgehead atoms. The van der Waals surface area contributed by atoms with E-state index < -0.39 is 6.04 Å². The number of carbonyl (C=O) groups excluding carboxylic acids is 2. The van der Waals surface area contributed by atoms with Crippen LogP contribution in [0.1, 0.15) is 32.3 Å². The number of rotatable bonds is 4. The number of nitrogens with zero attached hydrogens (tertiary/aromatic N) is 1. The predicted molar refractivity (Wildman–Crippen MR) is 80.0 cm³/mol. The molecule has 1 fully saturated rings. The first-order chi connectivity index (χ1) is 9.43. The second-order valence-electron chi connectivity index (χ2n) is 5.23. The highest BCUT2D eigenvalue weighted by Crippen LogP contribution is 2.27. The first kappa shape index (κ1) is 15.0. The molecular formula is C15H19ClN2O2. The van der Waals surface area contributed by atoms with Crippen LogP contribution in [0.4, 0.5) is 5.69 Å². The second-order valence-corrected chi connectivity index (χ2v) is 5.64. The molecular weight excluding hydrogens is 276 g/mol. The molecule has 5 heteroatoms. The molecule has 2 amide bonds. The van der Waals surface area contributed by atoms with Crippen LogP contribution in [0.15, 0.2) is 18.2 Å². The summed E-state index contributed by atoms with van der Waals surface area (Å²) in [5.41, 5.74) is 1.47. The van der Waals surface area contributed by atoms with E-state index in [1.807, 2.05) is 26.8 Å². The minimum Gasteiger partial charge on any atom is -0.303 e. The van der Waals surface area contributed by atoms with Crippen LogP contribution >= 0.6 is 11.6 Å². The van der Waals surface area contributed by atoms with E-state index in [1.165, 1.54) is 4.90 Å². The predicted octanol–water partition coefficient (Wildman–Crippen LogP) is 2.67. The van der Waals surface area contributed by atoms with Gasteiger partial charge in [0.25, 0.3) is 5.91 Å². The van der Waals surface area contributed by atoms with Crippen molar-refractivity contribution in [1.82, 2.24) is 5.32 Å². The van der Waals surface area contributed by atoms with Gasteiger partial charge in [0.1, 0.15) is 0 Å². The largest absolute Gasteiger partial charge is 0.303 e. The van der Waals surface area contributed by atoms with Crippen molar-refractivity contribution in [2.24, 2.45) is 0 Å². The van der Waals surface area contributed by atoms with Gasteiger partial charge in [0.05, 0.1) is 18.2 Å². The minimum absolute atomic E-state index is 0.185. The summed E-state index contributed by atoms with van der Waals surface area (Å²) in [4.78, 5) is 25.7. The Morgan fingerprint density at radius 1 is 1.45 bits per heavy atom. The molecule has 1 aliphatic rings. The topological polar surface area (TPSA) is 49.4 Å². The third-order valence-corrected chi connectivity index (χ3v) is 4.07. The fourth-order valence-electron chi connectivity index (χ4n) is 2.22. The van der Waals surface area contributed by atoms with Gasteiger partial charge in [-0.05, 0) is 38.0 Å². The standard InChI is InChI=1S/C15H19ClN2O2/c1-4-10(3)17-13-8-14(19)18(15(13)20)11-6-5-9(2)12(16)7-11/h5-7,10,13,17H,4,8H2,1-3H3. The minimum atomic E-state index is -0.433. The maximum absolute atomic E-state index is 12.4. The van der Waals surface area contributed by atoms with Crippen molar-refractivity contribution >= 4 is 29.1 Å². The molecule has 1 aromatic carbocycles. The zero-order valence-corrected chi connectivity index (χ0v) is 12.7. The highest BCUT2D eigenvalue weighted by atomic mass is 35.5. The number of halogens is 1. The molecule has 2 unspecified atom stereocenters. The molecule has 1 heterocycles. The lowest BCUT2D eigenvalue weighted by Crippen LogP contribution is -2.42. The molecule has 108 valence electrons. The van der Waals surface area contributed by atoms with Crippen molar-refractivity contribution in [1.29, 1.82) is 0 Å². The quantitative estimate of drug-likeness (QED) is 0.869. The van der Waals surface area contributed by atoms with Gasteiger partial charge in [0.15, 0.2) is 0 Å². The van der Waals surface area contributed by atoms with E-state index in [4.69, 9.17) is 11.6 Å². The zero-order valence-electron chi connectivity index (χ0n) is 11.9. The van der Waals surface area contributed by atoms with Crippen LogP contribution in [0.25, 0.3) is 0 Å². The molecule has 0 spiro atoms. The van der Waals surface area contributed by atoms with Gasteiger partial charge in [-0.1, -0.05) is 24.6 Å². The van der Waals surface area contributed by atoms with Gasteiger partial charge in [-0.25, -0.2) is 4.90 Å². The molecule has 4 nitrogen and oxygen atoms in total. The van der Waals surface area contributed by atoms with E-state index in [1.54, 1.807) is 12.1 Å². The van der Waals surface area contributed by atoms with Gasteiger partial charge in [-0.3, -0.25) is 9.59 Å². The number of hydrogen-bond acceptors (Lipinski definition) is 3. The average molecular weight is 295 g/mol. The molecule has 1 N–H and O–H groups in total. The van der Waals surface area contributed by atoms with Crippen LogP contribution < -0.4 is 10.2 Å². The van der Waals surface area contributed by atoms with Crippen molar-refractivity contribution < 1.29 is 9.59 Å². The normalized spacial score (nSPS) is 20.6. The first-order valence-electron chi connectivity index (χ1n) is 6.83. The summed E-state index contributed by atoms with van der Waals surface area (Å²) in [7, 11) is 0. The van der Waals surface area contributed by atoms with Crippen molar-refractivity contribution in [3.63, 3.8) is 0 Å². The van der Waals surface area contributed by atoms with E-state index in [9.17, 15) is 9.59 Å². The van der Waals surface area contributed by atoms with E-state index in [0.717, 1.165) is 12.0 Å². The van der Waals surface area contributed by atoms with E-state index >= 15 is 0 Å². The summed E-state index contributed by atoms with van der Waals surface area (Å²) < 4.78 is 0. The number of amides is 2. The number of anilines is 1. The van der Waals surface area contributed by atoms with Crippen molar-refractivity contribution in [2.75, 3.05) is 4.90 Å². The lowest BCUT2D eigenvalue weighted by atomic mass is 10.2. The Hall–Kier alpha value is -1.39. The second kappa shape index (κ2) is 5.94. The Bertz CT molecular complexity index is 545. The van der Waals surface area contributed by atoms with Crippen LogP contribution in [0.2, 0.25) is 5.02 Å². The lowest BCUT2D eigenvalue weighted by Gasteiger charge is -2.18. The van der Waals surface area contributed by atoms with Crippen LogP contribution in [0.5, 0.6) is 0 Å². The lowest BCUT2D eigenvalue weighted by molar-refractivity contribution is -0.121. The molecule has 2 rings (SSSR count). The number of nitrogens with one attached hydrogen (secondary N) is 1. The van der Waals surface area contributed by atoms with Crippen molar-refractivity contribution in [2.45, 2.75) is 45.7 Å². The Labute approximate surface area is 124 Å². The summed E-state index contributed by atoms with van der Waals surface area (Å²) in [6, 6.07) is 5.00. The summed E-state index contributed by atoms with van der Waals surface area (Å²) in [6.07, 6.45) is 1.11. The number of hydrogen-bond donors (Lipinski definition) is 1.